The van der Waals surface area contributed by atoms with Gasteiger partial charge in [-0.3, -0.25) is 0 Å². The first kappa shape index (κ1) is 19.0. The largest absolute Gasteiger partial charge is 0.384 e. The third-order valence-corrected chi connectivity index (χ3v) is 8.84. The maximum absolute atomic E-state index is 13.1. The number of aliphatic hydroxyl groups is 1. The highest BCUT2D eigenvalue weighted by molar-refractivity contribution is 7.93. The van der Waals surface area contributed by atoms with Gasteiger partial charge in [0.25, 0.3) is 0 Å². The van der Waals surface area contributed by atoms with E-state index in [0.29, 0.717) is 5.69 Å². The van der Waals surface area contributed by atoms with Gasteiger partial charge in [-0.2, -0.15) is 5.10 Å². The van der Waals surface area contributed by atoms with Crippen LogP contribution in [0.3, 0.4) is 0 Å². The van der Waals surface area contributed by atoms with Gasteiger partial charge in [0.1, 0.15) is 10.5 Å². The summed E-state index contributed by atoms with van der Waals surface area (Å²) < 4.78 is 27.9. The summed E-state index contributed by atoms with van der Waals surface area (Å²) in [6, 6.07) is 2.35. The number of hydrogen-bond acceptors (Lipinski definition) is 6. The van der Waals surface area contributed by atoms with Crippen molar-refractivity contribution in [1.82, 2.24) is 14.8 Å². The molecule has 2 aliphatic carbocycles. The molecule has 6 nitrogen and oxygen atoms in total. The van der Waals surface area contributed by atoms with Crippen molar-refractivity contribution in [2.75, 3.05) is 0 Å². The van der Waals surface area contributed by atoms with Crippen LogP contribution in [0.25, 0.3) is 5.69 Å². The SMILES string of the molecule is CC(C)(O)c1csc(S(=O)(=O)c2cnn(-c3c4c(cc5c3CCC5)CCC4)c2)n1. The second-order valence-electron chi connectivity index (χ2n) is 8.39. The molecule has 1 N–H and O–H groups in total. The van der Waals surface area contributed by atoms with Crippen molar-refractivity contribution < 1.29 is 13.5 Å². The molecule has 8 heteroatoms. The van der Waals surface area contributed by atoms with E-state index >= 15 is 0 Å². The molecular weight excluding hydrogens is 406 g/mol. The topological polar surface area (TPSA) is 85.1 Å². The molecule has 0 unspecified atom stereocenters. The lowest BCUT2D eigenvalue weighted by atomic mass is 9.99. The van der Waals surface area contributed by atoms with Crippen LogP contribution in [0.5, 0.6) is 0 Å². The fourth-order valence-electron chi connectivity index (χ4n) is 4.39. The van der Waals surface area contributed by atoms with E-state index in [1.54, 1.807) is 30.1 Å². The molecule has 1 aromatic carbocycles. The number of thiazole rings is 1. The summed E-state index contributed by atoms with van der Waals surface area (Å²) in [5, 5.41) is 16.1. The normalized spacial score (nSPS) is 16.2. The first-order chi connectivity index (χ1) is 13.7. The predicted octanol–water partition coefficient (Wildman–Crippen LogP) is 3.37. The smallest absolute Gasteiger partial charge is 0.236 e. The number of fused-ring (bicyclic) bond motifs is 2. The van der Waals surface area contributed by atoms with Gasteiger partial charge in [0.15, 0.2) is 0 Å². The van der Waals surface area contributed by atoms with Gasteiger partial charge >= 0.3 is 0 Å². The van der Waals surface area contributed by atoms with E-state index in [1.165, 1.54) is 28.5 Å². The Morgan fingerprint density at radius 2 is 1.76 bits per heavy atom. The Hall–Kier alpha value is -2.03. The van der Waals surface area contributed by atoms with Gasteiger partial charge in [0.2, 0.25) is 14.2 Å². The minimum atomic E-state index is -3.78. The summed E-state index contributed by atoms with van der Waals surface area (Å²) in [6.07, 6.45) is 9.50. The fraction of sp³-hybridized carbons (Fsp3) is 0.429. The maximum Gasteiger partial charge on any atom is 0.236 e. The number of sulfone groups is 1. The second kappa shape index (κ2) is 6.48. The van der Waals surface area contributed by atoms with Crippen LogP contribution in [0.15, 0.2) is 33.1 Å². The van der Waals surface area contributed by atoms with E-state index in [9.17, 15) is 13.5 Å². The van der Waals surface area contributed by atoms with Crippen molar-refractivity contribution >= 4 is 21.2 Å². The number of hydrogen-bond donors (Lipinski definition) is 1. The Kier molecular flexibility index (Phi) is 4.24. The number of rotatable bonds is 4. The molecule has 0 bridgehead atoms. The first-order valence-corrected chi connectivity index (χ1v) is 12.3. The van der Waals surface area contributed by atoms with Crippen LogP contribution in [-0.4, -0.2) is 28.3 Å². The van der Waals surface area contributed by atoms with Crippen molar-refractivity contribution in [2.45, 2.75) is 67.2 Å². The molecule has 0 saturated heterocycles. The first-order valence-electron chi connectivity index (χ1n) is 9.90. The Morgan fingerprint density at radius 1 is 1.10 bits per heavy atom. The minimum absolute atomic E-state index is 0.0160. The van der Waals surface area contributed by atoms with Crippen molar-refractivity contribution in [3.05, 3.63) is 51.8 Å². The third kappa shape index (κ3) is 3.05. The monoisotopic (exact) mass is 429 g/mol. The zero-order valence-electron chi connectivity index (χ0n) is 16.5. The molecule has 0 fully saturated rings. The summed E-state index contributed by atoms with van der Waals surface area (Å²) in [7, 11) is -3.78. The van der Waals surface area contributed by atoms with E-state index in [4.69, 9.17) is 0 Å². The Bertz CT molecular complexity index is 1180. The molecule has 3 aromatic rings. The molecule has 0 spiro atoms. The summed E-state index contributed by atoms with van der Waals surface area (Å²) >= 11 is 1.03. The van der Waals surface area contributed by atoms with Crippen LogP contribution in [0.1, 0.15) is 54.6 Å². The van der Waals surface area contributed by atoms with Gasteiger partial charge in [-0.25, -0.2) is 18.1 Å². The van der Waals surface area contributed by atoms with Crippen LogP contribution >= 0.6 is 11.3 Å². The number of aromatic nitrogens is 3. The van der Waals surface area contributed by atoms with Gasteiger partial charge in [0.05, 0.1) is 17.6 Å². The van der Waals surface area contributed by atoms with Crippen molar-refractivity contribution in [2.24, 2.45) is 0 Å². The van der Waals surface area contributed by atoms with Gasteiger partial charge in [-0.1, -0.05) is 6.07 Å². The van der Waals surface area contributed by atoms with E-state index in [1.807, 2.05) is 0 Å². The highest BCUT2D eigenvalue weighted by atomic mass is 32.2. The third-order valence-electron chi connectivity index (χ3n) is 5.88. The molecule has 2 heterocycles. The molecule has 0 amide bonds. The average molecular weight is 430 g/mol. The van der Waals surface area contributed by atoms with Crippen LogP contribution in [0.4, 0.5) is 0 Å². The Labute approximate surface area is 174 Å². The molecule has 2 aromatic heterocycles. The summed E-state index contributed by atoms with van der Waals surface area (Å²) in [5.74, 6) is 0. The van der Waals surface area contributed by atoms with E-state index in [2.05, 4.69) is 16.1 Å². The average Bonchev–Trinajstić information content (AvgIpc) is 3.45. The van der Waals surface area contributed by atoms with Crippen LogP contribution in [-0.2, 0) is 41.1 Å². The molecular formula is C21H23N3O3S2. The predicted molar refractivity (Wildman–Crippen MR) is 110 cm³/mol. The second-order valence-corrected chi connectivity index (χ2v) is 11.4. The van der Waals surface area contributed by atoms with Crippen LogP contribution in [0, 0.1) is 0 Å². The standard InChI is InChI=1S/C21H23N3O3S2/c1-21(2,25)18-12-28-20(23-18)29(26,27)15-10-22-24(11-15)19-16-7-3-5-13(16)9-14-6-4-8-17(14)19/h9-12,25H,3-8H2,1-2H3. The quantitative estimate of drug-likeness (QED) is 0.687. The lowest BCUT2D eigenvalue weighted by Gasteiger charge is -2.14. The van der Waals surface area contributed by atoms with E-state index < -0.39 is 15.4 Å². The van der Waals surface area contributed by atoms with Gasteiger partial charge < -0.3 is 5.11 Å². The maximum atomic E-state index is 13.1. The molecule has 29 heavy (non-hydrogen) atoms. The van der Waals surface area contributed by atoms with Crippen molar-refractivity contribution in [3.63, 3.8) is 0 Å². The molecule has 2 aliphatic rings. The Balaban J connectivity index is 1.58. The summed E-state index contributed by atoms with van der Waals surface area (Å²) in [4.78, 5) is 4.31. The van der Waals surface area contributed by atoms with Gasteiger partial charge in [-0.15, -0.1) is 11.3 Å². The molecule has 0 aliphatic heterocycles. The van der Waals surface area contributed by atoms with Crippen molar-refractivity contribution in [1.29, 1.82) is 0 Å². The van der Waals surface area contributed by atoms with E-state index in [-0.39, 0.29) is 9.24 Å². The zero-order chi connectivity index (χ0) is 20.4. The van der Waals surface area contributed by atoms with Crippen molar-refractivity contribution in [3.8, 4) is 5.69 Å². The molecule has 5 rings (SSSR count). The summed E-state index contributed by atoms with van der Waals surface area (Å²) in [5.41, 5.74) is 5.66. The molecule has 0 atom stereocenters. The highest BCUT2D eigenvalue weighted by Crippen LogP contribution is 2.37. The number of aryl methyl sites for hydroxylation is 2. The van der Waals surface area contributed by atoms with Gasteiger partial charge in [-0.05, 0) is 74.6 Å². The lowest BCUT2D eigenvalue weighted by Crippen LogP contribution is -2.16. The molecule has 0 saturated carbocycles. The minimum Gasteiger partial charge on any atom is -0.384 e. The Morgan fingerprint density at radius 3 is 2.34 bits per heavy atom. The highest BCUT2D eigenvalue weighted by Gasteiger charge is 2.29. The fourth-order valence-corrected chi connectivity index (χ4v) is 6.88. The molecule has 152 valence electrons. The van der Waals surface area contributed by atoms with Crippen LogP contribution in [0.2, 0.25) is 0 Å². The molecule has 0 radical (unpaired) electrons. The summed E-state index contributed by atoms with van der Waals surface area (Å²) in [6.45, 7) is 3.18. The zero-order valence-corrected chi connectivity index (χ0v) is 18.1. The van der Waals surface area contributed by atoms with Crippen LogP contribution < -0.4 is 0 Å². The lowest BCUT2D eigenvalue weighted by molar-refractivity contribution is 0.0741. The number of benzene rings is 1. The number of nitrogens with zero attached hydrogens (tertiary/aromatic N) is 3. The van der Waals surface area contributed by atoms with E-state index in [0.717, 1.165) is 55.5 Å². The van der Waals surface area contributed by atoms with Gasteiger partial charge in [0, 0.05) is 11.6 Å².